The Hall–Kier alpha value is -2.74. The number of carbonyl (C=O) groups excluding carboxylic acids is 1. The highest BCUT2D eigenvalue weighted by Gasteiger charge is 2.38. The molecule has 2 fully saturated rings. The average molecular weight is 383 g/mol. The van der Waals surface area contributed by atoms with Crippen LogP contribution in [0.25, 0.3) is 5.69 Å². The number of carboxylic acid groups (broad SMARTS) is 1. The number of carboxylic acids is 1. The van der Waals surface area contributed by atoms with E-state index in [-0.39, 0.29) is 30.2 Å². The van der Waals surface area contributed by atoms with E-state index in [9.17, 15) is 9.59 Å². The van der Waals surface area contributed by atoms with E-state index in [2.05, 4.69) is 20.5 Å². The van der Waals surface area contributed by atoms with E-state index in [4.69, 9.17) is 5.11 Å². The number of amides is 1. The molecule has 0 spiro atoms. The lowest BCUT2D eigenvalue weighted by Gasteiger charge is -2.42. The summed E-state index contributed by atoms with van der Waals surface area (Å²) in [5.41, 5.74) is 2.29. The normalized spacial score (nSPS) is 21.4. The first kappa shape index (κ1) is 18.6. The topological polar surface area (TPSA) is 100 Å². The molecule has 0 aliphatic heterocycles. The number of aryl methyl sites for hydroxylation is 1. The first-order valence-electron chi connectivity index (χ1n) is 9.74. The molecule has 0 bridgehead atoms. The van der Waals surface area contributed by atoms with E-state index >= 15 is 0 Å². The maximum Gasteiger partial charge on any atom is 0.317 e. The Morgan fingerprint density at radius 3 is 2.61 bits per heavy atom. The van der Waals surface area contributed by atoms with Gasteiger partial charge in [-0.15, -0.1) is 5.10 Å². The van der Waals surface area contributed by atoms with Gasteiger partial charge in [-0.2, -0.15) is 0 Å². The summed E-state index contributed by atoms with van der Waals surface area (Å²) in [4.78, 5) is 25.6. The van der Waals surface area contributed by atoms with Gasteiger partial charge in [-0.1, -0.05) is 22.9 Å². The van der Waals surface area contributed by atoms with Crippen molar-refractivity contribution in [3.05, 3.63) is 41.7 Å². The molecule has 0 radical (unpaired) electrons. The lowest BCUT2D eigenvalue weighted by molar-refractivity contribution is -0.139. The van der Waals surface area contributed by atoms with Crippen LogP contribution < -0.4 is 5.32 Å². The van der Waals surface area contributed by atoms with Crippen LogP contribution in [0.3, 0.4) is 0 Å². The van der Waals surface area contributed by atoms with Crippen molar-refractivity contribution >= 4 is 11.9 Å². The predicted octanol–water partition coefficient (Wildman–Crippen LogP) is 1.63. The van der Waals surface area contributed by atoms with E-state index in [1.807, 2.05) is 31.2 Å². The number of aromatic nitrogens is 3. The predicted molar refractivity (Wildman–Crippen MR) is 102 cm³/mol. The Kier molecular flexibility index (Phi) is 5.13. The van der Waals surface area contributed by atoms with E-state index in [1.165, 1.54) is 12.8 Å². The standard InChI is InChI=1S/C20H25N5O3/c1-13-2-6-16(7-3-13)25-11-18(22-23-25)20(28)21-15-8-17(9-15)24(12-19(26)27)10-14-4-5-14/h2-3,6-7,11,14-15,17H,4-5,8-10,12H2,1H3,(H,21,28)(H,26,27). The number of nitrogens with zero attached hydrogens (tertiary/aromatic N) is 4. The summed E-state index contributed by atoms with van der Waals surface area (Å²) in [6, 6.07) is 8.10. The number of benzene rings is 1. The molecule has 1 amide bonds. The molecule has 8 nitrogen and oxygen atoms in total. The zero-order chi connectivity index (χ0) is 19.7. The Balaban J connectivity index is 1.30. The lowest BCUT2D eigenvalue weighted by atomic mass is 9.85. The summed E-state index contributed by atoms with van der Waals surface area (Å²) in [5, 5.41) is 20.1. The fourth-order valence-corrected chi connectivity index (χ4v) is 3.60. The molecule has 1 heterocycles. The van der Waals surface area contributed by atoms with Crippen LogP contribution in [0.2, 0.25) is 0 Å². The van der Waals surface area contributed by atoms with E-state index in [0.717, 1.165) is 30.6 Å². The number of aliphatic carboxylic acids is 1. The Bertz CT molecular complexity index is 853. The second kappa shape index (κ2) is 7.71. The number of carbonyl (C=O) groups is 2. The summed E-state index contributed by atoms with van der Waals surface area (Å²) in [5.74, 6) is -0.389. The monoisotopic (exact) mass is 383 g/mol. The summed E-state index contributed by atoms with van der Waals surface area (Å²) >= 11 is 0. The van der Waals surface area contributed by atoms with Gasteiger partial charge in [-0.3, -0.25) is 14.5 Å². The molecule has 2 aromatic rings. The molecule has 0 saturated heterocycles. The van der Waals surface area contributed by atoms with Crippen LogP contribution in [-0.4, -0.2) is 62.0 Å². The fourth-order valence-electron chi connectivity index (χ4n) is 3.60. The van der Waals surface area contributed by atoms with Gasteiger partial charge in [0, 0.05) is 18.6 Å². The maximum absolute atomic E-state index is 12.5. The van der Waals surface area contributed by atoms with Crippen LogP contribution in [0.15, 0.2) is 30.5 Å². The van der Waals surface area contributed by atoms with Gasteiger partial charge in [0.15, 0.2) is 5.69 Å². The first-order chi connectivity index (χ1) is 13.5. The largest absolute Gasteiger partial charge is 0.480 e. The van der Waals surface area contributed by atoms with Gasteiger partial charge in [0.2, 0.25) is 0 Å². The van der Waals surface area contributed by atoms with Crippen molar-refractivity contribution in [3.63, 3.8) is 0 Å². The molecule has 4 rings (SSSR count). The summed E-state index contributed by atoms with van der Waals surface area (Å²) in [6.45, 7) is 2.94. The van der Waals surface area contributed by atoms with Gasteiger partial charge >= 0.3 is 5.97 Å². The molecule has 2 aliphatic rings. The van der Waals surface area contributed by atoms with Gasteiger partial charge in [-0.05, 0) is 50.7 Å². The van der Waals surface area contributed by atoms with Crippen LogP contribution >= 0.6 is 0 Å². The molecule has 2 N–H and O–H groups in total. The van der Waals surface area contributed by atoms with Gasteiger partial charge in [0.25, 0.3) is 5.91 Å². The maximum atomic E-state index is 12.5. The summed E-state index contributed by atoms with van der Waals surface area (Å²) < 4.78 is 1.59. The average Bonchev–Trinajstić information content (AvgIpc) is 3.29. The number of hydrogen-bond acceptors (Lipinski definition) is 5. The van der Waals surface area contributed by atoms with Crippen LogP contribution in [0.1, 0.15) is 41.7 Å². The zero-order valence-electron chi connectivity index (χ0n) is 15.9. The molecular formula is C20H25N5O3. The van der Waals surface area contributed by atoms with E-state index < -0.39 is 5.97 Å². The van der Waals surface area contributed by atoms with Crippen molar-refractivity contribution in [2.24, 2.45) is 5.92 Å². The highest BCUT2D eigenvalue weighted by molar-refractivity contribution is 5.92. The van der Waals surface area contributed by atoms with Crippen LogP contribution in [-0.2, 0) is 4.79 Å². The number of nitrogens with one attached hydrogen (secondary N) is 1. The zero-order valence-corrected chi connectivity index (χ0v) is 15.9. The molecule has 2 saturated carbocycles. The molecule has 0 unspecified atom stereocenters. The minimum Gasteiger partial charge on any atom is -0.480 e. The fraction of sp³-hybridized carbons (Fsp3) is 0.500. The summed E-state index contributed by atoms with van der Waals surface area (Å²) in [7, 11) is 0. The van der Waals surface area contributed by atoms with Gasteiger partial charge in [0.05, 0.1) is 18.4 Å². The SMILES string of the molecule is Cc1ccc(-n2cc(C(=O)NC3CC(N(CC(=O)O)CC4CC4)C3)nn2)cc1. The second-order valence-corrected chi connectivity index (χ2v) is 7.95. The third-order valence-electron chi connectivity index (χ3n) is 5.52. The van der Waals surface area contributed by atoms with E-state index in [0.29, 0.717) is 5.92 Å². The highest BCUT2D eigenvalue weighted by atomic mass is 16.4. The van der Waals surface area contributed by atoms with Crippen molar-refractivity contribution < 1.29 is 14.7 Å². The van der Waals surface area contributed by atoms with Crippen molar-refractivity contribution in [1.82, 2.24) is 25.2 Å². The minimum atomic E-state index is -0.791. The van der Waals surface area contributed by atoms with Crippen molar-refractivity contribution in [2.45, 2.75) is 44.7 Å². The molecule has 2 aliphatic carbocycles. The van der Waals surface area contributed by atoms with Crippen LogP contribution in [0.5, 0.6) is 0 Å². The number of hydrogen-bond donors (Lipinski definition) is 2. The molecule has 1 aromatic carbocycles. The van der Waals surface area contributed by atoms with Crippen molar-refractivity contribution in [2.75, 3.05) is 13.1 Å². The second-order valence-electron chi connectivity index (χ2n) is 7.95. The van der Waals surface area contributed by atoms with E-state index in [1.54, 1.807) is 10.9 Å². The Morgan fingerprint density at radius 1 is 1.25 bits per heavy atom. The Morgan fingerprint density at radius 2 is 1.96 bits per heavy atom. The summed E-state index contributed by atoms with van der Waals surface area (Å²) in [6.07, 6.45) is 5.56. The third-order valence-corrected chi connectivity index (χ3v) is 5.52. The van der Waals surface area contributed by atoms with Crippen molar-refractivity contribution in [1.29, 1.82) is 0 Å². The first-order valence-corrected chi connectivity index (χ1v) is 9.74. The van der Waals surface area contributed by atoms with Crippen LogP contribution in [0.4, 0.5) is 0 Å². The number of rotatable bonds is 8. The molecular weight excluding hydrogens is 358 g/mol. The molecule has 1 aromatic heterocycles. The molecule has 148 valence electrons. The quantitative estimate of drug-likeness (QED) is 0.719. The lowest BCUT2D eigenvalue weighted by Crippen LogP contribution is -2.55. The third kappa shape index (κ3) is 4.39. The van der Waals surface area contributed by atoms with Gasteiger partial charge in [-0.25, -0.2) is 4.68 Å². The Labute approximate surface area is 163 Å². The van der Waals surface area contributed by atoms with Crippen LogP contribution in [0, 0.1) is 12.8 Å². The highest BCUT2D eigenvalue weighted by Crippen LogP contribution is 2.33. The molecule has 28 heavy (non-hydrogen) atoms. The van der Waals surface area contributed by atoms with Gasteiger partial charge in [0.1, 0.15) is 0 Å². The smallest absolute Gasteiger partial charge is 0.317 e. The van der Waals surface area contributed by atoms with Gasteiger partial charge < -0.3 is 10.4 Å². The molecule has 8 heteroatoms. The van der Waals surface area contributed by atoms with Crippen molar-refractivity contribution in [3.8, 4) is 5.69 Å². The minimum absolute atomic E-state index is 0.0533. The molecule has 0 atom stereocenters.